The summed E-state index contributed by atoms with van der Waals surface area (Å²) < 4.78 is 16.3. The largest absolute Gasteiger partial charge is 0.457 e. The van der Waals surface area contributed by atoms with Crippen molar-refractivity contribution in [1.29, 1.82) is 0 Å². The first kappa shape index (κ1) is 21.7. The van der Waals surface area contributed by atoms with E-state index in [1.165, 1.54) is 6.08 Å². The minimum absolute atomic E-state index is 0.228. The standard InChI is InChI=1S/C23H24O7/c1-2-28-18-13-17(14-29-22(26)15-9-5-3-6-10-15)21(20(25)19(18)24)30-23(27)16-11-7-4-8-12-16/h3-13,18-21,24-25H,2,14H2,1H3/t18-,19+,20-,21-/m1/s1. The summed E-state index contributed by atoms with van der Waals surface area (Å²) in [7, 11) is 0. The van der Waals surface area contributed by atoms with E-state index in [0.717, 1.165) is 0 Å². The minimum Gasteiger partial charge on any atom is -0.457 e. The molecule has 4 atom stereocenters. The number of benzene rings is 2. The minimum atomic E-state index is -1.44. The number of aliphatic hydroxyl groups is 2. The van der Waals surface area contributed by atoms with E-state index in [-0.39, 0.29) is 6.61 Å². The molecule has 0 aliphatic heterocycles. The Hall–Kier alpha value is -3.00. The third kappa shape index (κ3) is 5.13. The van der Waals surface area contributed by atoms with E-state index in [1.807, 2.05) is 0 Å². The molecule has 3 rings (SSSR count). The lowest BCUT2D eigenvalue weighted by Gasteiger charge is -2.36. The van der Waals surface area contributed by atoms with Gasteiger partial charge in [0, 0.05) is 12.2 Å². The predicted octanol–water partition coefficient (Wildman–Crippen LogP) is 2.14. The van der Waals surface area contributed by atoms with E-state index in [1.54, 1.807) is 67.6 Å². The Morgan fingerprint density at radius 2 is 1.43 bits per heavy atom. The van der Waals surface area contributed by atoms with Crippen LogP contribution in [0.2, 0.25) is 0 Å². The van der Waals surface area contributed by atoms with Gasteiger partial charge in [-0.15, -0.1) is 0 Å². The van der Waals surface area contributed by atoms with Crippen molar-refractivity contribution in [3.8, 4) is 0 Å². The molecular weight excluding hydrogens is 388 g/mol. The molecule has 1 aliphatic carbocycles. The lowest BCUT2D eigenvalue weighted by Crippen LogP contribution is -2.51. The van der Waals surface area contributed by atoms with Gasteiger partial charge in [0.2, 0.25) is 0 Å². The summed E-state index contributed by atoms with van der Waals surface area (Å²) in [6, 6.07) is 16.7. The molecule has 0 heterocycles. The maximum atomic E-state index is 12.5. The Morgan fingerprint density at radius 1 is 0.867 bits per heavy atom. The first-order valence-corrected chi connectivity index (χ1v) is 9.67. The number of carbonyl (C=O) groups excluding carboxylic acids is 2. The number of carbonyl (C=O) groups is 2. The fraction of sp³-hybridized carbons (Fsp3) is 0.304. The van der Waals surface area contributed by atoms with Crippen LogP contribution in [0.4, 0.5) is 0 Å². The van der Waals surface area contributed by atoms with Crippen molar-refractivity contribution in [3.05, 3.63) is 83.4 Å². The van der Waals surface area contributed by atoms with E-state index >= 15 is 0 Å². The molecule has 7 heteroatoms. The highest BCUT2D eigenvalue weighted by Crippen LogP contribution is 2.26. The molecule has 0 unspecified atom stereocenters. The van der Waals surface area contributed by atoms with E-state index < -0.39 is 36.4 Å². The van der Waals surface area contributed by atoms with Crippen molar-refractivity contribution in [2.75, 3.05) is 13.2 Å². The second-order valence-corrected chi connectivity index (χ2v) is 6.78. The van der Waals surface area contributed by atoms with Gasteiger partial charge in [-0.25, -0.2) is 9.59 Å². The zero-order valence-corrected chi connectivity index (χ0v) is 16.5. The molecule has 0 bridgehead atoms. The molecule has 0 amide bonds. The molecule has 1 aliphatic rings. The maximum Gasteiger partial charge on any atom is 0.338 e. The van der Waals surface area contributed by atoms with Crippen LogP contribution in [0, 0.1) is 0 Å². The van der Waals surface area contributed by atoms with Gasteiger partial charge < -0.3 is 24.4 Å². The number of hydrogen-bond donors (Lipinski definition) is 2. The van der Waals surface area contributed by atoms with Crippen LogP contribution in [-0.4, -0.2) is 59.8 Å². The fourth-order valence-corrected chi connectivity index (χ4v) is 3.18. The van der Waals surface area contributed by atoms with Crippen molar-refractivity contribution < 1.29 is 34.0 Å². The van der Waals surface area contributed by atoms with Crippen LogP contribution in [0.3, 0.4) is 0 Å². The predicted molar refractivity (Wildman–Crippen MR) is 108 cm³/mol. The van der Waals surface area contributed by atoms with E-state index in [9.17, 15) is 19.8 Å². The molecular formula is C23H24O7. The maximum absolute atomic E-state index is 12.5. The SMILES string of the molecule is CCO[C@@H]1C=C(COC(=O)c2ccccc2)[C@@H](OC(=O)c2ccccc2)[C@H](O)[C@H]1O. The summed E-state index contributed by atoms with van der Waals surface area (Å²) in [4.78, 5) is 24.8. The third-order valence-electron chi connectivity index (χ3n) is 4.72. The summed E-state index contributed by atoms with van der Waals surface area (Å²) in [6.07, 6.45) is -3.21. The zero-order valence-electron chi connectivity index (χ0n) is 16.5. The molecule has 0 spiro atoms. The summed E-state index contributed by atoms with van der Waals surface area (Å²) in [5.41, 5.74) is 1.00. The van der Waals surface area contributed by atoms with Crippen molar-refractivity contribution >= 4 is 11.9 Å². The number of aliphatic hydroxyl groups excluding tert-OH is 2. The highest BCUT2D eigenvalue weighted by molar-refractivity contribution is 5.90. The molecule has 0 saturated heterocycles. The first-order valence-electron chi connectivity index (χ1n) is 9.67. The van der Waals surface area contributed by atoms with Gasteiger partial charge in [0.25, 0.3) is 0 Å². The van der Waals surface area contributed by atoms with Gasteiger partial charge in [0.1, 0.15) is 24.9 Å². The summed E-state index contributed by atoms with van der Waals surface area (Å²) in [6.45, 7) is 1.83. The molecule has 2 aromatic carbocycles. The molecule has 158 valence electrons. The van der Waals surface area contributed by atoms with E-state index in [4.69, 9.17) is 14.2 Å². The second kappa shape index (κ2) is 10.2. The quantitative estimate of drug-likeness (QED) is 0.531. The zero-order chi connectivity index (χ0) is 21.5. The molecule has 2 aromatic rings. The van der Waals surface area contributed by atoms with Crippen LogP contribution in [-0.2, 0) is 14.2 Å². The van der Waals surface area contributed by atoms with Crippen LogP contribution in [0.25, 0.3) is 0 Å². The number of ether oxygens (including phenoxy) is 3. The Morgan fingerprint density at radius 3 is 2.00 bits per heavy atom. The van der Waals surface area contributed by atoms with Gasteiger partial charge in [-0.2, -0.15) is 0 Å². The van der Waals surface area contributed by atoms with Crippen LogP contribution >= 0.6 is 0 Å². The Labute approximate surface area is 174 Å². The first-order chi connectivity index (χ1) is 14.5. The number of hydrogen-bond acceptors (Lipinski definition) is 7. The lowest BCUT2D eigenvalue weighted by atomic mass is 9.89. The molecule has 0 radical (unpaired) electrons. The highest BCUT2D eigenvalue weighted by atomic mass is 16.6. The molecule has 0 fully saturated rings. The number of rotatable bonds is 7. The van der Waals surface area contributed by atoms with Crippen molar-refractivity contribution in [1.82, 2.24) is 0 Å². The summed E-state index contributed by atoms with van der Waals surface area (Å²) >= 11 is 0. The van der Waals surface area contributed by atoms with Gasteiger partial charge in [0.05, 0.1) is 11.1 Å². The summed E-state index contributed by atoms with van der Waals surface area (Å²) in [5, 5.41) is 21.0. The fourth-order valence-electron chi connectivity index (χ4n) is 3.18. The Balaban J connectivity index is 1.79. The van der Waals surface area contributed by atoms with Gasteiger partial charge in [-0.1, -0.05) is 36.4 Å². The van der Waals surface area contributed by atoms with Crippen molar-refractivity contribution in [2.45, 2.75) is 31.3 Å². The van der Waals surface area contributed by atoms with Crippen LogP contribution in [0.5, 0.6) is 0 Å². The van der Waals surface area contributed by atoms with Crippen LogP contribution in [0.1, 0.15) is 27.6 Å². The Kier molecular flexibility index (Phi) is 7.35. The van der Waals surface area contributed by atoms with E-state index in [0.29, 0.717) is 23.3 Å². The highest BCUT2D eigenvalue weighted by Gasteiger charge is 2.41. The normalized spacial score (nSPS) is 23.4. The van der Waals surface area contributed by atoms with Gasteiger partial charge in [-0.3, -0.25) is 0 Å². The van der Waals surface area contributed by atoms with Gasteiger partial charge in [-0.05, 0) is 37.3 Å². The van der Waals surface area contributed by atoms with Crippen molar-refractivity contribution in [2.24, 2.45) is 0 Å². The summed E-state index contributed by atoms with van der Waals surface area (Å²) in [5.74, 6) is -1.22. The van der Waals surface area contributed by atoms with Crippen LogP contribution < -0.4 is 0 Å². The average molecular weight is 412 g/mol. The second-order valence-electron chi connectivity index (χ2n) is 6.78. The monoisotopic (exact) mass is 412 g/mol. The lowest BCUT2D eigenvalue weighted by molar-refractivity contribution is -0.114. The molecule has 0 saturated carbocycles. The van der Waals surface area contributed by atoms with Gasteiger partial charge >= 0.3 is 11.9 Å². The Bertz CT molecular complexity index is 879. The van der Waals surface area contributed by atoms with E-state index in [2.05, 4.69) is 0 Å². The number of esters is 2. The van der Waals surface area contributed by atoms with Crippen molar-refractivity contribution in [3.63, 3.8) is 0 Å². The average Bonchev–Trinajstić information content (AvgIpc) is 2.78. The molecule has 30 heavy (non-hydrogen) atoms. The topological polar surface area (TPSA) is 102 Å². The molecule has 7 nitrogen and oxygen atoms in total. The molecule has 0 aromatic heterocycles. The van der Waals surface area contributed by atoms with Gasteiger partial charge in [0.15, 0.2) is 6.10 Å². The smallest absolute Gasteiger partial charge is 0.338 e. The third-order valence-corrected chi connectivity index (χ3v) is 4.72. The molecule has 2 N–H and O–H groups in total. The van der Waals surface area contributed by atoms with Crippen LogP contribution in [0.15, 0.2) is 72.3 Å².